The summed E-state index contributed by atoms with van der Waals surface area (Å²) in [5.41, 5.74) is 17.8. The van der Waals surface area contributed by atoms with Crippen LogP contribution in [0.5, 0.6) is 0 Å². The molecule has 0 bridgehead atoms. The highest BCUT2D eigenvalue weighted by Gasteiger charge is 1.91. The number of rotatable bonds is 3. The van der Waals surface area contributed by atoms with Crippen molar-refractivity contribution >= 4 is 0 Å². The third-order valence-electron chi connectivity index (χ3n) is 0.742. The first-order valence-electron chi connectivity index (χ1n) is 3.46. The maximum absolute atomic E-state index is 7.86. The minimum absolute atomic E-state index is 0.278. The normalized spacial score (nSPS) is 7.27. The molecule has 0 aromatic carbocycles. The second-order valence-corrected chi connectivity index (χ2v) is 1.59. The van der Waals surface area contributed by atoms with Gasteiger partial charge in [0.15, 0.2) is 0 Å². The summed E-state index contributed by atoms with van der Waals surface area (Å²) < 4.78 is 0. The Labute approximate surface area is 66.7 Å². The van der Waals surface area contributed by atoms with E-state index in [2.05, 4.69) is 10.1 Å². The summed E-state index contributed by atoms with van der Waals surface area (Å²) in [5, 5.41) is 4.67. The Morgan fingerprint density at radius 1 is 1.45 bits per heavy atom. The highest BCUT2D eigenvalue weighted by Crippen LogP contribution is 1.82. The summed E-state index contributed by atoms with van der Waals surface area (Å²) in [4.78, 5) is 2.55. The molecule has 4 N–H and O–H groups in total. The number of hydrogen-bond donors (Lipinski definition) is 2. The summed E-state index contributed by atoms with van der Waals surface area (Å²) in [5.74, 6) is 0. The Balaban J connectivity index is 0. The zero-order valence-corrected chi connectivity index (χ0v) is 7.06. The van der Waals surface area contributed by atoms with Crippen LogP contribution in [0.15, 0.2) is 5.22 Å². The van der Waals surface area contributed by atoms with Gasteiger partial charge in [0.2, 0.25) is 0 Å². The van der Waals surface area contributed by atoms with Crippen molar-refractivity contribution in [3.8, 4) is 0 Å². The van der Waals surface area contributed by atoms with Gasteiger partial charge in [-0.1, -0.05) is 6.92 Å². The fourth-order valence-corrected chi connectivity index (χ4v) is 0.285. The van der Waals surface area contributed by atoms with Gasteiger partial charge in [-0.25, -0.2) is 5.01 Å². The van der Waals surface area contributed by atoms with E-state index >= 15 is 0 Å². The molecule has 0 aliphatic carbocycles. The Hall–Kier alpha value is -0.970. The first-order valence-corrected chi connectivity index (χ1v) is 3.46. The van der Waals surface area contributed by atoms with Gasteiger partial charge in [0, 0.05) is 0 Å². The average Bonchev–Trinajstić information content (AvgIpc) is 2.02. The number of azide groups is 1. The van der Waals surface area contributed by atoms with E-state index in [0.29, 0.717) is 6.54 Å². The van der Waals surface area contributed by atoms with E-state index < -0.39 is 0 Å². The molecule has 0 rings (SSSR count). The highest BCUT2D eigenvalue weighted by molar-refractivity contribution is 4.42. The summed E-state index contributed by atoms with van der Waals surface area (Å²) >= 11 is 0. The van der Waals surface area contributed by atoms with E-state index in [1.165, 1.54) is 5.01 Å². The van der Waals surface area contributed by atoms with Crippen LogP contribution in [0, 0.1) is 0 Å². The van der Waals surface area contributed by atoms with Crippen LogP contribution in [0.4, 0.5) is 0 Å². The third kappa shape index (κ3) is 12.3. The summed E-state index contributed by atoms with van der Waals surface area (Å²) in [6, 6.07) is 0. The minimum Gasteiger partial charge on any atom is -0.331 e. The minimum atomic E-state index is 0.278. The second kappa shape index (κ2) is 11.8. The molecule has 0 saturated carbocycles. The van der Waals surface area contributed by atoms with Crippen molar-refractivity contribution in [1.82, 2.24) is 5.01 Å². The molecule has 0 saturated heterocycles. The van der Waals surface area contributed by atoms with Crippen LogP contribution in [0.1, 0.15) is 13.8 Å². The van der Waals surface area contributed by atoms with Crippen LogP contribution < -0.4 is 11.5 Å². The van der Waals surface area contributed by atoms with E-state index in [1.54, 1.807) is 0 Å². The Morgan fingerprint density at radius 3 is 2.00 bits per heavy atom. The van der Waals surface area contributed by atoms with Crippen molar-refractivity contribution < 1.29 is 0 Å². The Kier molecular flexibility index (Phi) is 13.6. The van der Waals surface area contributed by atoms with Gasteiger partial charge in [-0.3, -0.25) is 5.73 Å². The number of hydrogen-bond acceptors (Lipinski definition) is 3. The molecule has 6 heteroatoms. The van der Waals surface area contributed by atoms with Gasteiger partial charge < -0.3 is 5.73 Å². The lowest BCUT2D eigenvalue weighted by Crippen LogP contribution is -2.23. The highest BCUT2D eigenvalue weighted by atomic mass is 15.5. The largest absolute Gasteiger partial charge is 0.331 e. The molecule has 0 radical (unpaired) electrons. The zero-order valence-electron chi connectivity index (χ0n) is 7.06. The fourth-order valence-electron chi connectivity index (χ4n) is 0.285. The molecular weight excluding hydrogens is 144 g/mol. The van der Waals surface area contributed by atoms with Crippen molar-refractivity contribution in [2.24, 2.45) is 16.7 Å². The molecular formula is C5H16N6. The van der Waals surface area contributed by atoms with E-state index in [1.807, 2.05) is 13.8 Å². The molecule has 0 heterocycles. The van der Waals surface area contributed by atoms with Crippen LogP contribution in [0.3, 0.4) is 0 Å². The lowest BCUT2D eigenvalue weighted by atomic mass is 10.7. The molecule has 0 amide bonds. The molecule has 0 unspecified atom stereocenters. The molecule has 0 atom stereocenters. The maximum Gasteiger partial charge on any atom is 0.138 e. The van der Waals surface area contributed by atoms with Gasteiger partial charge in [0.1, 0.15) is 6.67 Å². The number of nitrogens with two attached hydrogens (primary N) is 2. The molecule has 0 aliphatic heterocycles. The maximum atomic E-state index is 7.86. The topological polar surface area (TPSA) is 104 Å². The summed E-state index contributed by atoms with van der Waals surface area (Å²) in [6.45, 7) is 5.45. The van der Waals surface area contributed by atoms with Crippen molar-refractivity contribution in [1.29, 1.82) is 0 Å². The van der Waals surface area contributed by atoms with Crippen LogP contribution in [0.25, 0.3) is 10.4 Å². The Morgan fingerprint density at radius 2 is 1.91 bits per heavy atom. The first-order chi connectivity index (χ1) is 5.26. The molecule has 11 heavy (non-hydrogen) atoms. The molecule has 0 spiro atoms. The molecule has 0 aliphatic rings. The van der Waals surface area contributed by atoms with Gasteiger partial charge in [-0.2, -0.15) is 4.91 Å². The van der Waals surface area contributed by atoms with Crippen LogP contribution in [0.2, 0.25) is 0 Å². The quantitative estimate of drug-likeness (QED) is 0.205. The van der Waals surface area contributed by atoms with Crippen molar-refractivity contribution in [3.63, 3.8) is 0 Å². The second-order valence-electron chi connectivity index (χ2n) is 1.59. The van der Waals surface area contributed by atoms with Gasteiger partial charge in [-0.05, 0) is 18.7 Å². The molecule has 0 fully saturated rings. The lowest BCUT2D eigenvalue weighted by molar-refractivity contribution is 0.308. The molecule has 0 aromatic rings. The lowest BCUT2D eigenvalue weighted by Gasteiger charge is -2.05. The average molecular weight is 160 g/mol. The van der Waals surface area contributed by atoms with Gasteiger partial charge >= 0.3 is 0 Å². The van der Waals surface area contributed by atoms with Crippen LogP contribution >= 0.6 is 0 Å². The van der Waals surface area contributed by atoms with Crippen LogP contribution in [-0.4, -0.2) is 24.8 Å². The monoisotopic (exact) mass is 160 g/mol. The fraction of sp³-hybridized carbons (Fsp3) is 1.00. The predicted molar refractivity (Wildman–Crippen MR) is 45.3 cm³/mol. The SMILES string of the molecule is CCN.CCN(CN)N=[N+]=[N-]. The van der Waals surface area contributed by atoms with E-state index in [9.17, 15) is 0 Å². The molecule has 66 valence electrons. The van der Waals surface area contributed by atoms with Crippen molar-refractivity contribution in [2.75, 3.05) is 19.8 Å². The van der Waals surface area contributed by atoms with E-state index in [4.69, 9.17) is 17.0 Å². The summed E-state index contributed by atoms with van der Waals surface area (Å²) in [6.07, 6.45) is 0. The number of nitrogens with zero attached hydrogens (tertiary/aromatic N) is 4. The molecule has 0 aromatic heterocycles. The first kappa shape index (κ1) is 12.7. The standard InChI is InChI=1S/C3H9N5.C2H7N/c1-2-8(3-4)7-6-5;1-2-3/h2-4H2,1H3;2-3H2,1H3. The predicted octanol–water partition coefficient (Wildman–Crippen LogP) is 0.415. The van der Waals surface area contributed by atoms with Gasteiger partial charge in [0.05, 0.1) is 6.54 Å². The Bertz CT molecular complexity index is 104. The smallest absolute Gasteiger partial charge is 0.138 e. The van der Waals surface area contributed by atoms with Crippen LogP contribution in [-0.2, 0) is 0 Å². The third-order valence-corrected chi connectivity index (χ3v) is 0.742. The van der Waals surface area contributed by atoms with E-state index in [-0.39, 0.29) is 6.67 Å². The van der Waals surface area contributed by atoms with Gasteiger partial charge in [-0.15, -0.1) is 5.53 Å². The van der Waals surface area contributed by atoms with Crippen molar-refractivity contribution in [2.45, 2.75) is 13.8 Å². The van der Waals surface area contributed by atoms with Gasteiger partial charge in [0.25, 0.3) is 0 Å². The van der Waals surface area contributed by atoms with Crippen molar-refractivity contribution in [3.05, 3.63) is 10.4 Å². The van der Waals surface area contributed by atoms with E-state index in [0.717, 1.165) is 6.54 Å². The zero-order chi connectivity index (χ0) is 9.11. The molecule has 6 nitrogen and oxygen atoms in total. The summed E-state index contributed by atoms with van der Waals surface area (Å²) in [7, 11) is 0.